The molecule has 2 N–H and O–H groups in total. The molecule has 0 aromatic carbocycles. The number of rotatable bonds is 5. The number of nitrogens with zero attached hydrogens (tertiary/aromatic N) is 2. The highest BCUT2D eigenvalue weighted by atomic mass is 32.2. The maximum absolute atomic E-state index is 11.9. The summed E-state index contributed by atoms with van der Waals surface area (Å²) in [5.41, 5.74) is 0.290. The summed E-state index contributed by atoms with van der Waals surface area (Å²) in [5, 5.41) is 14.9. The molecule has 0 aliphatic heterocycles. The first-order valence-electron chi connectivity index (χ1n) is 4.63. The lowest BCUT2D eigenvalue weighted by molar-refractivity contribution is 0.278. The molecule has 0 fully saturated rings. The van der Waals surface area contributed by atoms with Gasteiger partial charge in [0, 0.05) is 19.2 Å². The molecule has 0 spiro atoms. The second-order valence-corrected chi connectivity index (χ2v) is 5.19. The summed E-state index contributed by atoms with van der Waals surface area (Å²) in [5.74, 6) is 0. The van der Waals surface area contributed by atoms with Crippen molar-refractivity contribution in [3.8, 4) is 0 Å². The van der Waals surface area contributed by atoms with E-state index >= 15 is 0 Å². The molecular weight excluding hydrogens is 218 g/mol. The summed E-state index contributed by atoms with van der Waals surface area (Å²) in [4.78, 5) is 0. The van der Waals surface area contributed by atoms with Crippen molar-refractivity contribution in [3.05, 3.63) is 11.8 Å². The highest BCUT2D eigenvalue weighted by molar-refractivity contribution is 7.89. The molecule has 86 valence electrons. The number of H-pyrrole nitrogens is 1. The molecule has 0 radical (unpaired) electrons. The zero-order chi connectivity index (χ0) is 11.5. The van der Waals surface area contributed by atoms with Crippen LogP contribution in [-0.4, -0.2) is 41.6 Å². The van der Waals surface area contributed by atoms with Gasteiger partial charge in [0.2, 0.25) is 0 Å². The summed E-state index contributed by atoms with van der Waals surface area (Å²) < 4.78 is 25.0. The smallest absolute Gasteiger partial charge is 0.260 e. The van der Waals surface area contributed by atoms with Crippen LogP contribution in [0.1, 0.15) is 18.9 Å². The Balaban J connectivity index is 3.05. The summed E-state index contributed by atoms with van der Waals surface area (Å²) in [6.45, 7) is 1.99. The number of aliphatic hydroxyl groups excluding tert-OH is 1. The van der Waals surface area contributed by atoms with Gasteiger partial charge in [0.05, 0.1) is 12.8 Å². The molecule has 1 rings (SSSR count). The molecule has 7 heteroatoms. The van der Waals surface area contributed by atoms with Crippen molar-refractivity contribution in [2.45, 2.75) is 25.0 Å². The third-order valence-corrected chi connectivity index (χ3v) is 3.93. The van der Waals surface area contributed by atoms with Crippen LogP contribution in [-0.2, 0) is 16.6 Å². The van der Waals surface area contributed by atoms with Crippen molar-refractivity contribution < 1.29 is 13.5 Å². The fourth-order valence-electron chi connectivity index (χ4n) is 1.23. The van der Waals surface area contributed by atoms with E-state index in [2.05, 4.69) is 10.2 Å². The monoisotopic (exact) mass is 233 g/mol. The van der Waals surface area contributed by atoms with Crippen LogP contribution in [0.4, 0.5) is 0 Å². The van der Waals surface area contributed by atoms with Crippen LogP contribution in [0.25, 0.3) is 0 Å². The molecule has 0 bridgehead atoms. The van der Waals surface area contributed by atoms with E-state index in [0.717, 1.165) is 6.42 Å². The first-order chi connectivity index (χ1) is 7.04. The molecule has 0 saturated heterocycles. The Morgan fingerprint density at radius 3 is 2.80 bits per heavy atom. The van der Waals surface area contributed by atoms with Gasteiger partial charge >= 0.3 is 0 Å². The molecule has 0 saturated carbocycles. The molecule has 0 amide bonds. The summed E-state index contributed by atoms with van der Waals surface area (Å²) in [7, 11) is -2.04. The number of aliphatic hydroxyl groups is 1. The first kappa shape index (κ1) is 12.2. The van der Waals surface area contributed by atoms with Crippen molar-refractivity contribution in [2.75, 3.05) is 13.6 Å². The Morgan fingerprint density at radius 2 is 2.27 bits per heavy atom. The van der Waals surface area contributed by atoms with Gasteiger partial charge in [-0.2, -0.15) is 9.40 Å². The standard InChI is InChI=1S/C8H15N3O3S/c1-3-4-11(2)15(13,14)8-7(6-12)5-9-10-8/h5,12H,3-4,6H2,1-2H3,(H,9,10). The van der Waals surface area contributed by atoms with E-state index < -0.39 is 10.0 Å². The molecule has 0 atom stereocenters. The Morgan fingerprint density at radius 1 is 1.60 bits per heavy atom. The van der Waals surface area contributed by atoms with Crippen LogP contribution < -0.4 is 0 Å². The lowest BCUT2D eigenvalue weighted by Gasteiger charge is -2.15. The molecule has 0 aliphatic carbocycles. The largest absolute Gasteiger partial charge is 0.392 e. The number of sulfonamides is 1. The fourth-order valence-corrected chi connectivity index (χ4v) is 2.58. The van der Waals surface area contributed by atoms with Crippen LogP contribution in [0.3, 0.4) is 0 Å². The predicted molar refractivity (Wildman–Crippen MR) is 54.6 cm³/mol. The summed E-state index contributed by atoms with van der Waals surface area (Å²) in [6.07, 6.45) is 2.05. The van der Waals surface area contributed by atoms with Gasteiger partial charge in [-0.3, -0.25) is 5.10 Å². The molecular formula is C8H15N3O3S. The Bertz CT molecular complexity index is 413. The first-order valence-corrected chi connectivity index (χ1v) is 6.07. The van der Waals surface area contributed by atoms with Gasteiger partial charge in [-0.15, -0.1) is 0 Å². The third-order valence-electron chi connectivity index (χ3n) is 2.06. The highest BCUT2D eigenvalue weighted by Gasteiger charge is 2.24. The Labute approximate surface area is 89.0 Å². The minimum atomic E-state index is -3.55. The summed E-state index contributed by atoms with van der Waals surface area (Å²) >= 11 is 0. The number of aromatic amines is 1. The topological polar surface area (TPSA) is 86.3 Å². The minimum absolute atomic E-state index is 0.0269. The van der Waals surface area contributed by atoms with E-state index in [4.69, 9.17) is 5.11 Å². The van der Waals surface area contributed by atoms with Gasteiger partial charge in [0.15, 0.2) is 5.03 Å². The van der Waals surface area contributed by atoms with Gasteiger partial charge in [-0.05, 0) is 6.42 Å². The molecule has 0 unspecified atom stereocenters. The fraction of sp³-hybridized carbons (Fsp3) is 0.625. The number of nitrogens with one attached hydrogen (secondary N) is 1. The third kappa shape index (κ3) is 2.36. The van der Waals surface area contributed by atoms with E-state index in [1.165, 1.54) is 17.5 Å². The zero-order valence-electron chi connectivity index (χ0n) is 8.77. The van der Waals surface area contributed by atoms with E-state index in [1.54, 1.807) is 0 Å². The lowest BCUT2D eigenvalue weighted by atomic mass is 10.4. The minimum Gasteiger partial charge on any atom is -0.392 e. The normalized spacial score (nSPS) is 12.3. The van der Waals surface area contributed by atoms with Crippen LogP contribution >= 0.6 is 0 Å². The van der Waals surface area contributed by atoms with Crippen molar-refractivity contribution >= 4 is 10.0 Å². The van der Waals surface area contributed by atoms with Gasteiger partial charge < -0.3 is 5.11 Å². The SMILES string of the molecule is CCCN(C)S(=O)(=O)c1[nH]ncc1CO. The number of hydrogen-bond acceptors (Lipinski definition) is 4. The van der Waals surface area contributed by atoms with Crippen LogP contribution in [0.5, 0.6) is 0 Å². The quantitative estimate of drug-likeness (QED) is 0.745. The average molecular weight is 233 g/mol. The summed E-state index contributed by atoms with van der Waals surface area (Å²) in [6, 6.07) is 0. The molecule has 6 nitrogen and oxygen atoms in total. The molecule has 1 heterocycles. The maximum Gasteiger partial charge on any atom is 0.260 e. The number of hydrogen-bond donors (Lipinski definition) is 2. The van der Waals surface area contributed by atoms with E-state index in [1.807, 2.05) is 6.92 Å². The van der Waals surface area contributed by atoms with E-state index in [0.29, 0.717) is 6.54 Å². The highest BCUT2D eigenvalue weighted by Crippen LogP contribution is 2.16. The van der Waals surface area contributed by atoms with Gasteiger partial charge in [0.1, 0.15) is 0 Å². The second kappa shape index (κ2) is 4.73. The zero-order valence-corrected chi connectivity index (χ0v) is 9.58. The van der Waals surface area contributed by atoms with E-state index in [-0.39, 0.29) is 17.2 Å². The van der Waals surface area contributed by atoms with Gasteiger partial charge in [0.25, 0.3) is 10.0 Å². The number of aromatic nitrogens is 2. The predicted octanol–water partition coefficient (Wildman–Crippen LogP) is -0.0675. The van der Waals surface area contributed by atoms with Crippen molar-refractivity contribution in [3.63, 3.8) is 0 Å². The molecule has 1 aromatic heterocycles. The van der Waals surface area contributed by atoms with E-state index in [9.17, 15) is 8.42 Å². The molecule has 0 aliphatic rings. The van der Waals surface area contributed by atoms with Crippen molar-refractivity contribution in [1.29, 1.82) is 0 Å². The van der Waals surface area contributed by atoms with Crippen LogP contribution in [0.2, 0.25) is 0 Å². The van der Waals surface area contributed by atoms with Crippen LogP contribution in [0.15, 0.2) is 11.2 Å². The Kier molecular flexibility index (Phi) is 3.83. The Hall–Kier alpha value is -0.920. The van der Waals surface area contributed by atoms with Crippen LogP contribution in [0, 0.1) is 0 Å². The molecule has 1 aromatic rings. The lowest BCUT2D eigenvalue weighted by Crippen LogP contribution is -2.28. The van der Waals surface area contributed by atoms with Crippen molar-refractivity contribution in [1.82, 2.24) is 14.5 Å². The average Bonchev–Trinajstić information content (AvgIpc) is 2.66. The maximum atomic E-state index is 11.9. The second-order valence-electron chi connectivity index (χ2n) is 3.21. The van der Waals surface area contributed by atoms with Gasteiger partial charge in [-0.25, -0.2) is 8.42 Å². The molecule has 15 heavy (non-hydrogen) atoms. The van der Waals surface area contributed by atoms with Crippen molar-refractivity contribution in [2.24, 2.45) is 0 Å². The van der Waals surface area contributed by atoms with Gasteiger partial charge in [-0.1, -0.05) is 6.92 Å².